The zero-order valence-corrected chi connectivity index (χ0v) is 11.3. The van der Waals surface area contributed by atoms with Crippen LogP contribution in [0.2, 0.25) is 0 Å². The number of ether oxygens (including phenoxy) is 1. The monoisotopic (exact) mass is 271 g/mol. The molecule has 0 saturated carbocycles. The lowest BCUT2D eigenvalue weighted by Gasteiger charge is -2.32. The van der Waals surface area contributed by atoms with E-state index < -0.39 is 0 Å². The molecule has 18 heavy (non-hydrogen) atoms. The van der Waals surface area contributed by atoms with E-state index in [0.29, 0.717) is 31.4 Å². The second-order valence-corrected chi connectivity index (χ2v) is 4.65. The van der Waals surface area contributed by atoms with Gasteiger partial charge in [-0.25, -0.2) is 4.98 Å². The van der Waals surface area contributed by atoms with Crippen LogP contribution < -0.4 is 10.5 Å². The van der Waals surface area contributed by atoms with Crippen LogP contribution in [0.25, 0.3) is 0 Å². The average Bonchev–Trinajstić information content (AvgIpc) is 2.41. The maximum absolute atomic E-state index is 12.2. The molecule has 0 bridgehead atoms. The molecule has 5 nitrogen and oxygen atoms in total. The van der Waals surface area contributed by atoms with E-state index >= 15 is 0 Å². The van der Waals surface area contributed by atoms with E-state index in [1.807, 2.05) is 11.8 Å². The second kappa shape index (κ2) is 6.20. The highest BCUT2D eigenvalue weighted by Crippen LogP contribution is 2.11. The summed E-state index contributed by atoms with van der Waals surface area (Å²) in [4.78, 5) is 18.4. The van der Waals surface area contributed by atoms with Gasteiger partial charge in [-0.15, -0.1) is 11.6 Å². The smallest absolute Gasteiger partial charge is 0.293 e. The molecule has 0 aromatic carbocycles. The third-order valence-corrected chi connectivity index (χ3v) is 3.31. The van der Waals surface area contributed by atoms with Crippen LogP contribution in [-0.2, 0) is 11.3 Å². The Hall–Kier alpha value is -1.07. The first kappa shape index (κ1) is 13.4. The molecule has 1 aromatic rings. The highest BCUT2D eigenvalue weighted by molar-refractivity contribution is 6.18. The van der Waals surface area contributed by atoms with Gasteiger partial charge < -0.3 is 14.2 Å². The van der Waals surface area contributed by atoms with Crippen LogP contribution in [0.3, 0.4) is 0 Å². The molecule has 0 N–H and O–H groups in total. The zero-order valence-electron chi connectivity index (χ0n) is 10.5. The lowest BCUT2D eigenvalue weighted by Crippen LogP contribution is -2.46. The van der Waals surface area contributed by atoms with Gasteiger partial charge in [0.15, 0.2) is 5.82 Å². The van der Waals surface area contributed by atoms with Gasteiger partial charge in [-0.05, 0) is 6.42 Å². The quantitative estimate of drug-likeness (QED) is 0.770. The minimum Gasteiger partial charge on any atom is -0.373 e. The van der Waals surface area contributed by atoms with Crippen LogP contribution in [-0.4, -0.2) is 41.2 Å². The summed E-state index contributed by atoms with van der Waals surface area (Å²) >= 11 is 5.80. The first-order valence-electron chi connectivity index (χ1n) is 6.24. The van der Waals surface area contributed by atoms with E-state index in [1.54, 1.807) is 17.0 Å². The molecule has 1 fully saturated rings. The molecule has 1 unspecified atom stereocenters. The Kier molecular flexibility index (Phi) is 4.60. The summed E-state index contributed by atoms with van der Waals surface area (Å²) in [6.07, 6.45) is 4.31. The normalized spacial score (nSPS) is 20.1. The number of morpholine rings is 1. The third-order valence-electron chi connectivity index (χ3n) is 2.97. The topological polar surface area (TPSA) is 47.4 Å². The van der Waals surface area contributed by atoms with Crippen molar-refractivity contribution < 1.29 is 4.74 Å². The van der Waals surface area contributed by atoms with Crippen LogP contribution in [0.5, 0.6) is 0 Å². The van der Waals surface area contributed by atoms with Crippen LogP contribution in [0, 0.1) is 0 Å². The highest BCUT2D eigenvalue weighted by Gasteiger charge is 2.22. The Bertz CT molecular complexity index is 449. The molecular weight excluding hydrogens is 254 g/mol. The van der Waals surface area contributed by atoms with Gasteiger partial charge in [0.25, 0.3) is 5.56 Å². The molecular formula is C12H18ClN3O2. The number of alkyl halides is 1. The number of nitrogens with zero attached hydrogens (tertiary/aromatic N) is 3. The molecule has 1 aliphatic heterocycles. The third kappa shape index (κ3) is 2.84. The second-order valence-electron chi connectivity index (χ2n) is 4.34. The molecule has 0 aliphatic carbocycles. The van der Waals surface area contributed by atoms with Crippen molar-refractivity contribution in [2.45, 2.75) is 26.0 Å². The number of anilines is 1. The summed E-state index contributed by atoms with van der Waals surface area (Å²) in [7, 11) is 0. The molecule has 1 aromatic heterocycles. The van der Waals surface area contributed by atoms with Crippen LogP contribution in [0.15, 0.2) is 17.2 Å². The number of rotatable bonds is 4. The van der Waals surface area contributed by atoms with Gasteiger partial charge in [0.2, 0.25) is 0 Å². The van der Waals surface area contributed by atoms with E-state index in [0.717, 1.165) is 13.0 Å². The van der Waals surface area contributed by atoms with Crippen molar-refractivity contribution in [3.05, 3.63) is 22.7 Å². The molecule has 2 rings (SSSR count). The maximum Gasteiger partial charge on any atom is 0.293 e. The minimum absolute atomic E-state index is 0.0264. The fourth-order valence-electron chi connectivity index (χ4n) is 2.07. The first-order valence-corrected chi connectivity index (χ1v) is 6.77. The number of halogens is 1. The van der Waals surface area contributed by atoms with Crippen LogP contribution in [0.1, 0.15) is 13.3 Å². The molecule has 0 amide bonds. The summed E-state index contributed by atoms with van der Waals surface area (Å²) < 4.78 is 7.19. The summed E-state index contributed by atoms with van der Waals surface area (Å²) in [5.41, 5.74) is -0.0328. The summed E-state index contributed by atoms with van der Waals surface area (Å²) in [6.45, 7) is 4.66. The lowest BCUT2D eigenvalue weighted by molar-refractivity contribution is 0.0550. The van der Waals surface area contributed by atoms with Crippen LogP contribution in [0.4, 0.5) is 5.82 Å². The van der Waals surface area contributed by atoms with E-state index in [2.05, 4.69) is 4.98 Å². The molecule has 6 heteroatoms. The largest absolute Gasteiger partial charge is 0.373 e. The first-order chi connectivity index (χ1) is 8.76. The van der Waals surface area contributed by atoms with Crippen molar-refractivity contribution in [1.82, 2.24) is 9.55 Å². The number of hydrogen-bond donors (Lipinski definition) is 0. The van der Waals surface area contributed by atoms with E-state index in [-0.39, 0.29) is 11.7 Å². The van der Waals surface area contributed by atoms with Crippen molar-refractivity contribution in [2.75, 3.05) is 30.5 Å². The molecule has 0 radical (unpaired) electrons. The van der Waals surface area contributed by atoms with E-state index in [4.69, 9.17) is 16.3 Å². The van der Waals surface area contributed by atoms with Crippen molar-refractivity contribution in [3.63, 3.8) is 0 Å². The SMILES string of the molecule is CCCn1ccnc(N2CCOC(CCl)C2)c1=O. The van der Waals surface area contributed by atoms with Gasteiger partial charge >= 0.3 is 0 Å². The maximum atomic E-state index is 12.2. The van der Waals surface area contributed by atoms with Gasteiger partial charge in [0.1, 0.15) is 0 Å². The standard InChI is InChI=1S/C12H18ClN3O2/c1-2-4-15-5-3-14-11(12(15)17)16-6-7-18-10(8-13)9-16/h3,5,10H,2,4,6-9H2,1H3. The minimum atomic E-state index is -0.0328. The van der Waals surface area contributed by atoms with Gasteiger partial charge in [-0.2, -0.15) is 0 Å². The zero-order chi connectivity index (χ0) is 13.0. The van der Waals surface area contributed by atoms with Crippen molar-refractivity contribution in [2.24, 2.45) is 0 Å². The van der Waals surface area contributed by atoms with Crippen molar-refractivity contribution >= 4 is 17.4 Å². The number of hydrogen-bond acceptors (Lipinski definition) is 4. The van der Waals surface area contributed by atoms with Gasteiger partial charge in [0, 0.05) is 32.0 Å². The van der Waals surface area contributed by atoms with E-state index in [9.17, 15) is 4.79 Å². The fourth-order valence-corrected chi connectivity index (χ4v) is 2.26. The molecule has 0 spiro atoms. The molecule has 1 atom stereocenters. The lowest BCUT2D eigenvalue weighted by atomic mass is 10.3. The molecule has 100 valence electrons. The van der Waals surface area contributed by atoms with Crippen molar-refractivity contribution in [1.29, 1.82) is 0 Å². The highest BCUT2D eigenvalue weighted by atomic mass is 35.5. The van der Waals surface area contributed by atoms with Gasteiger partial charge in [-0.3, -0.25) is 4.79 Å². The summed E-state index contributed by atoms with van der Waals surface area (Å²) in [5, 5.41) is 0. The van der Waals surface area contributed by atoms with Gasteiger partial charge in [0.05, 0.1) is 18.6 Å². The Balaban J connectivity index is 2.22. The predicted molar refractivity (Wildman–Crippen MR) is 71.5 cm³/mol. The Morgan fingerprint density at radius 1 is 1.61 bits per heavy atom. The summed E-state index contributed by atoms with van der Waals surface area (Å²) in [6, 6.07) is 0. The van der Waals surface area contributed by atoms with Crippen molar-refractivity contribution in [3.8, 4) is 0 Å². The Morgan fingerprint density at radius 2 is 2.44 bits per heavy atom. The predicted octanol–water partition coefficient (Wildman–Crippen LogP) is 1.10. The van der Waals surface area contributed by atoms with Gasteiger partial charge in [-0.1, -0.05) is 6.92 Å². The number of aromatic nitrogens is 2. The Labute approximate surface area is 111 Å². The summed E-state index contributed by atoms with van der Waals surface area (Å²) in [5.74, 6) is 0.941. The Morgan fingerprint density at radius 3 is 3.17 bits per heavy atom. The molecule has 1 saturated heterocycles. The molecule has 1 aliphatic rings. The molecule has 2 heterocycles. The number of aryl methyl sites for hydroxylation is 1. The fraction of sp³-hybridized carbons (Fsp3) is 0.667. The average molecular weight is 272 g/mol. The van der Waals surface area contributed by atoms with Crippen LogP contribution >= 0.6 is 11.6 Å². The van der Waals surface area contributed by atoms with E-state index in [1.165, 1.54) is 0 Å².